The lowest BCUT2D eigenvalue weighted by molar-refractivity contribution is -0.127. The first-order valence-corrected chi connectivity index (χ1v) is 12.3. The Bertz CT molecular complexity index is 1350. The van der Waals surface area contributed by atoms with Crippen LogP contribution in [0.1, 0.15) is 16.7 Å². The highest BCUT2D eigenvalue weighted by atomic mass is 32.2. The third-order valence-corrected chi connectivity index (χ3v) is 7.58. The average molecular weight is 481 g/mol. The van der Waals surface area contributed by atoms with E-state index in [1.165, 1.54) is 4.31 Å². The third-order valence-electron chi connectivity index (χ3n) is 5.79. The van der Waals surface area contributed by atoms with E-state index in [4.69, 9.17) is 14.2 Å². The molecule has 0 bridgehead atoms. The summed E-state index contributed by atoms with van der Waals surface area (Å²) in [7, 11) is -3.90. The summed E-state index contributed by atoms with van der Waals surface area (Å²) in [6.07, 6.45) is -1.01. The lowest BCUT2D eigenvalue weighted by Gasteiger charge is -2.35. The summed E-state index contributed by atoms with van der Waals surface area (Å²) in [6.45, 7) is 4.04. The Kier molecular flexibility index (Phi) is 5.57. The molecular formula is C25H24N2O6S. The molecule has 3 aromatic carbocycles. The molecule has 1 unspecified atom stereocenters. The smallest absolute Gasteiger partial charge is 0.264 e. The van der Waals surface area contributed by atoms with Crippen LogP contribution in [-0.4, -0.2) is 33.8 Å². The highest BCUT2D eigenvalue weighted by Crippen LogP contribution is 2.38. The molecular weight excluding hydrogens is 456 g/mol. The second-order valence-corrected chi connectivity index (χ2v) is 10.2. The van der Waals surface area contributed by atoms with E-state index in [1.54, 1.807) is 48.5 Å². The van der Waals surface area contributed by atoms with Gasteiger partial charge in [-0.2, -0.15) is 0 Å². The molecule has 0 fully saturated rings. The van der Waals surface area contributed by atoms with Crippen molar-refractivity contribution in [3.63, 3.8) is 0 Å². The molecule has 34 heavy (non-hydrogen) atoms. The SMILES string of the molecule is Cc1ccc(S(=O)(=O)N2CC(C(=O)NCc3ccc4c(c3)OCO4)Oc3cc(C)ccc32)cc1. The van der Waals surface area contributed by atoms with Crippen molar-refractivity contribution in [2.45, 2.75) is 31.4 Å². The van der Waals surface area contributed by atoms with E-state index < -0.39 is 22.0 Å². The van der Waals surface area contributed by atoms with Crippen molar-refractivity contribution in [2.75, 3.05) is 17.6 Å². The average Bonchev–Trinajstić information content (AvgIpc) is 3.30. The quantitative estimate of drug-likeness (QED) is 0.602. The Morgan fingerprint density at radius 3 is 2.47 bits per heavy atom. The third kappa shape index (κ3) is 4.14. The lowest BCUT2D eigenvalue weighted by Crippen LogP contribution is -2.50. The molecule has 0 saturated carbocycles. The molecule has 0 aliphatic carbocycles. The summed E-state index contributed by atoms with van der Waals surface area (Å²) in [5.41, 5.74) is 3.09. The first-order valence-electron chi connectivity index (χ1n) is 10.8. The van der Waals surface area contributed by atoms with E-state index in [0.29, 0.717) is 22.9 Å². The number of hydrogen-bond acceptors (Lipinski definition) is 6. The minimum atomic E-state index is -3.90. The van der Waals surface area contributed by atoms with Gasteiger partial charge in [0, 0.05) is 6.54 Å². The predicted molar refractivity (Wildman–Crippen MR) is 126 cm³/mol. The predicted octanol–water partition coefficient (Wildman–Crippen LogP) is 3.30. The molecule has 8 nitrogen and oxygen atoms in total. The van der Waals surface area contributed by atoms with Crippen LogP contribution >= 0.6 is 0 Å². The summed E-state index contributed by atoms with van der Waals surface area (Å²) >= 11 is 0. The van der Waals surface area contributed by atoms with Gasteiger partial charge in [-0.3, -0.25) is 9.10 Å². The van der Waals surface area contributed by atoms with Gasteiger partial charge in [0.15, 0.2) is 17.6 Å². The Morgan fingerprint density at radius 1 is 0.941 bits per heavy atom. The van der Waals surface area contributed by atoms with E-state index in [9.17, 15) is 13.2 Å². The Balaban J connectivity index is 1.39. The molecule has 0 aromatic heterocycles. The van der Waals surface area contributed by atoms with Gasteiger partial charge in [0.25, 0.3) is 15.9 Å². The molecule has 0 radical (unpaired) electrons. The first-order chi connectivity index (χ1) is 16.3. The van der Waals surface area contributed by atoms with Gasteiger partial charge in [-0.05, 0) is 61.4 Å². The molecule has 0 spiro atoms. The van der Waals surface area contributed by atoms with Crippen molar-refractivity contribution in [2.24, 2.45) is 0 Å². The number of anilines is 1. The van der Waals surface area contributed by atoms with E-state index in [1.807, 2.05) is 26.0 Å². The number of benzene rings is 3. The van der Waals surface area contributed by atoms with Gasteiger partial charge >= 0.3 is 0 Å². The van der Waals surface area contributed by atoms with Crippen LogP contribution in [0.2, 0.25) is 0 Å². The van der Waals surface area contributed by atoms with Crippen molar-refractivity contribution in [3.05, 3.63) is 77.4 Å². The number of ether oxygens (including phenoxy) is 3. The topological polar surface area (TPSA) is 94.2 Å². The molecule has 3 aromatic rings. The van der Waals surface area contributed by atoms with Crippen molar-refractivity contribution in [3.8, 4) is 17.2 Å². The van der Waals surface area contributed by atoms with E-state index in [2.05, 4.69) is 5.32 Å². The van der Waals surface area contributed by atoms with Crippen LogP contribution in [0.15, 0.2) is 65.6 Å². The van der Waals surface area contributed by atoms with E-state index in [-0.39, 0.29) is 24.8 Å². The number of amides is 1. The summed E-state index contributed by atoms with van der Waals surface area (Å²) in [4.78, 5) is 13.2. The molecule has 176 valence electrons. The van der Waals surface area contributed by atoms with Crippen LogP contribution in [0.25, 0.3) is 0 Å². The fourth-order valence-electron chi connectivity index (χ4n) is 3.92. The Hall–Kier alpha value is -3.72. The highest BCUT2D eigenvalue weighted by molar-refractivity contribution is 7.92. The second kappa shape index (κ2) is 8.57. The standard InChI is InChI=1S/C25H24N2O6S/c1-16-3-7-19(8-4-16)34(29,30)27-14-24(33-22-11-17(2)5-9-20(22)27)25(28)26-13-18-6-10-21-23(12-18)32-15-31-21/h3-12,24H,13-15H2,1-2H3,(H,26,28). The van der Waals surface area contributed by atoms with Crippen LogP contribution in [0.4, 0.5) is 5.69 Å². The largest absolute Gasteiger partial charge is 0.476 e. The van der Waals surface area contributed by atoms with Gasteiger partial charge in [0.05, 0.1) is 17.1 Å². The lowest BCUT2D eigenvalue weighted by atomic mass is 10.1. The maximum absolute atomic E-state index is 13.5. The molecule has 9 heteroatoms. The zero-order valence-electron chi connectivity index (χ0n) is 18.8. The minimum absolute atomic E-state index is 0.140. The van der Waals surface area contributed by atoms with Crippen LogP contribution in [-0.2, 0) is 21.4 Å². The number of hydrogen-bond donors (Lipinski definition) is 1. The number of fused-ring (bicyclic) bond motifs is 2. The van der Waals surface area contributed by atoms with Crippen molar-refractivity contribution in [1.82, 2.24) is 5.32 Å². The summed E-state index contributed by atoms with van der Waals surface area (Å²) in [5.74, 6) is 1.23. The van der Waals surface area contributed by atoms with Gasteiger partial charge in [-0.25, -0.2) is 8.42 Å². The Labute approximate surface area is 198 Å². The van der Waals surface area contributed by atoms with Gasteiger partial charge < -0.3 is 19.5 Å². The number of aryl methyl sites for hydroxylation is 2. The fraction of sp³-hybridized carbons (Fsp3) is 0.240. The van der Waals surface area contributed by atoms with Gasteiger partial charge in [-0.15, -0.1) is 0 Å². The molecule has 0 saturated heterocycles. The number of rotatable bonds is 5. The number of carbonyl (C=O) groups is 1. The fourth-order valence-corrected chi connectivity index (χ4v) is 5.39. The maximum atomic E-state index is 13.5. The Morgan fingerprint density at radius 2 is 1.68 bits per heavy atom. The van der Waals surface area contributed by atoms with E-state index in [0.717, 1.165) is 16.7 Å². The van der Waals surface area contributed by atoms with Crippen LogP contribution < -0.4 is 23.8 Å². The molecule has 2 aliphatic heterocycles. The monoisotopic (exact) mass is 480 g/mol. The van der Waals surface area contributed by atoms with E-state index >= 15 is 0 Å². The van der Waals surface area contributed by atoms with Crippen LogP contribution in [0, 0.1) is 13.8 Å². The molecule has 2 heterocycles. The maximum Gasteiger partial charge on any atom is 0.264 e. The van der Waals surface area contributed by atoms with Crippen LogP contribution in [0.3, 0.4) is 0 Å². The minimum Gasteiger partial charge on any atom is -0.476 e. The second-order valence-electron chi connectivity index (χ2n) is 8.33. The highest BCUT2D eigenvalue weighted by Gasteiger charge is 2.37. The molecule has 1 atom stereocenters. The number of nitrogens with zero attached hydrogens (tertiary/aromatic N) is 1. The number of nitrogens with one attached hydrogen (secondary N) is 1. The summed E-state index contributed by atoms with van der Waals surface area (Å²) in [6, 6.07) is 17.3. The molecule has 2 aliphatic rings. The number of sulfonamides is 1. The molecule has 1 N–H and O–H groups in total. The first kappa shape index (κ1) is 22.1. The van der Waals surface area contributed by atoms with Gasteiger partial charge in [0.2, 0.25) is 6.79 Å². The molecule has 1 amide bonds. The van der Waals surface area contributed by atoms with Gasteiger partial charge in [0.1, 0.15) is 5.75 Å². The normalized spacial score (nSPS) is 16.5. The summed E-state index contributed by atoms with van der Waals surface area (Å²) in [5, 5.41) is 2.84. The van der Waals surface area contributed by atoms with Crippen molar-refractivity contribution in [1.29, 1.82) is 0 Å². The van der Waals surface area contributed by atoms with Crippen molar-refractivity contribution >= 4 is 21.6 Å². The zero-order valence-corrected chi connectivity index (χ0v) is 19.6. The molecule has 5 rings (SSSR count). The van der Waals surface area contributed by atoms with Crippen molar-refractivity contribution < 1.29 is 27.4 Å². The van der Waals surface area contributed by atoms with Crippen LogP contribution in [0.5, 0.6) is 17.2 Å². The zero-order chi connectivity index (χ0) is 23.9. The number of carbonyl (C=O) groups excluding carboxylic acids is 1. The van der Waals surface area contributed by atoms with Gasteiger partial charge in [-0.1, -0.05) is 29.8 Å². The summed E-state index contributed by atoms with van der Waals surface area (Å²) < 4.78 is 44.9.